The van der Waals surface area contributed by atoms with Crippen LogP contribution >= 0.6 is 15.9 Å². The summed E-state index contributed by atoms with van der Waals surface area (Å²) in [5.41, 5.74) is 2.94. The minimum Gasteiger partial charge on any atom is -0.296 e. The zero-order chi connectivity index (χ0) is 15.4. The summed E-state index contributed by atoms with van der Waals surface area (Å²) in [6, 6.07) is 6.92. The Morgan fingerprint density at radius 1 is 1.24 bits per heavy atom. The summed E-state index contributed by atoms with van der Waals surface area (Å²) in [5, 5.41) is 4.59. The van der Waals surface area contributed by atoms with E-state index in [-0.39, 0.29) is 5.82 Å². The Morgan fingerprint density at radius 2 is 1.95 bits per heavy atom. The van der Waals surface area contributed by atoms with Crippen LogP contribution in [-0.2, 0) is 26.1 Å². The fourth-order valence-corrected chi connectivity index (χ4v) is 3.09. The van der Waals surface area contributed by atoms with Gasteiger partial charge in [-0.05, 0) is 42.4 Å². The maximum atomic E-state index is 13.7. The first kappa shape index (κ1) is 16.2. The lowest BCUT2D eigenvalue weighted by Gasteiger charge is -2.18. The molecule has 0 aliphatic rings. The SMILES string of the molecule is CCc1nn(CC)c(CN(C)Cc2ccccc2F)c1Br. The zero-order valence-electron chi connectivity index (χ0n) is 12.7. The zero-order valence-corrected chi connectivity index (χ0v) is 14.3. The lowest BCUT2D eigenvalue weighted by Crippen LogP contribution is -2.20. The van der Waals surface area contributed by atoms with Crippen LogP contribution in [0.2, 0.25) is 0 Å². The summed E-state index contributed by atoms with van der Waals surface area (Å²) in [7, 11) is 2.00. The van der Waals surface area contributed by atoms with Crippen molar-refractivity contribution in [1.29, 1.82) is 0 Å². The van der Waals surface area contributed by atoms with Crippen LogP contribution < -0.4 is 0 Å². The number of halogens is 2. The van der Waals surface area contributed by atoms with E-state index in [1.165, 1.54) is 6.07 Å². The molecule has 0 aliphatic carbocycles. The molecule has 0 saturated heterocycles. The third kappa shape index (κ3) is 3.71. The van der Waals surface area contributed by atoms with E-state index in [2.05, 4.69) is 39.8 Å². The molecular weight excluding hydrogens is 333 g/mol. The number of aryl methyl sites for hydroxylation is 2. The summed E-state index contributed by atoms with van der Waals surface area (Å²) in [5.74, 6) is -0.151. The molecule has 2 aromatic rings. The Bertz CT molecular complexity index is 610. The molecule has 1 aromatic carbocycles. The molecule has 0 N–H and O–H groups in total. The molecule has 2 rings (SSSR count). The first-order valence-corrected chi connectivity index (χ1v) is 8.02. The third-order valence-corrected chi connectivity index (χ3v) is 4.43. The maximum absolute atomic E-state index is 13.7. The van der Waals surface area contributed by atoms with Gasteiger partial charge in [0.15, 0.2) is 0 Å². The minimum atomic E-state index is -0.151. The number of aromatic nitrogens is 2. The molecule has 0 unspecified atom stereocenters. The molecule has 5 heteroatoms. The molecule has 21 heavy (non-hydrogen) atoms. The summed E-state index contributed by atoms with van der Waals surface area (Å²) in [4.78, 5) is 2.10. The van der Waals surface area contributed by atoms with Crippen LogP contribution in [0.5, 0.6) is 0 Å². The summed E-state index contributed by atoms with van der Waals surface area (Å²) < 4.78 is 16.8. The van der Waals surface area contributed by atoms with Gasteiger partial charge in [0.25, 0.3) is 0 Å². The van der Waals surface area contributed by atoms with Crippen molar-refractivity contribution in [3.63, 3.8) is 0 Å². The number of nitrogens with zero attached hydrogens (tertiary/aromatic N) is 3. The standard InChI is InChI=1S/C16H21BrFN3/c1-4-14-16(17)15(21(5-2)19-14)11-20(3)10-12-8-6-7-9-13(12)18/h6-9H,4-5,10-11H2,1-3H3. The second kappa shape index (κ2) is 7.18. The molecule has 3 nitrogen and oxygen atoms in total. The molecule has 0 amide bonds. The smallest absolute Gasteiger partial charge is 0.127 e. The molecule has 0 bridgehead atoms. The lowest BCUT2D eigenvalue weighted by atomic mass is 10.2. The highest BCUT2D eigenvalue weighted by Gasteiger charge is 2.16. The Labute approximate surface area is 133 Å². The Kier molecular flexibility index (Phi) is 5.53. The highest BCUT2D eigenvalue weighted by molar-refractivity contribution is 9.10. The van der Waals surface area contributed by atoms with Gasteiger partial charge in [-0.1, -0.05) is 25.1 Å². The van der Waals surface area contributed by atoms with Crippen LogP contribution in [0.4, 0.5) is 4.39 Å². The van der Waals surface area contributed by atoms with Crippen molar-refractivity contribution in [2.75, 3.05) is 7.05 Å². The largest absolute Gasteiger partial charge is 0.296 e. The molecule has 0 atom stereocenters. The second-order valence-electron chi connectivity index (χ2n) is 5.14. The van der Waals surface area contributed by atoms with Crippen LogP contribution in [0, 0.1) is 5.82 Å². The van der Waals surface area contributed by atoms with Gasteiger partial charge < -0.3 is 0 Å². The van der Waals surface area contributed by atoms with Crippen LogP contribution in [0.1, 0.15) is 30.8 Å². The molecule has 0 radical (unpaired) electrons. The fraction of sp³-hybridized carbons (Fsp3) is 0.438. The Hall–Kier alpha value is -1.20. The summed E-state index contributed by atoms with van der Waals surface area (Å²) >= 11 is 3.65. The molecule has 0 fully saturated rings. The molecule has 0 saturated carbocycles. The average molecular weight is 354 g/mol. The quantitative estimate of drug-likeness (QED) is 0.782. The van der Waals surface area contributed by atoms with Crippen molar-refractivity contribution in [1.82, 2.24) is 14.7 Å². The van der Waals surface area contributed by atoms with Crippen molar-refractivity contribution < 1.29 is 4.39 Å². The highest BCUT2D eigenvalue weighted by atomic mass is 79.9. The van der Waals surface area contributed by atoms with E-state index in [9.17, 15) is 4.39 Å². The molecule has 0 aliphatic heterocycles. The summed E-state index contributed by atoms with van der Waals surface area (Å²) in [6.07, 6.45) is 0.900. The summed E-state index contributed by atoms with van der Waals surface area (Å²) in [6.45, 7) is 6.33. The van der Waals surface area contributed by atoms with Gasteiger partial charge in [0, 0.05) is 25.2 Å². The van der Waals surface area contributed by atoms with Crippen molar-refractivity contribution in [2.45, 2.75) is 39.9 Å². The van der Waals surface area contributed by atoms with Crippen LogP contribution in [0.3, 0.4) is 0 Å². The predicted molar refractivity (Wildman–Crippen MR) is 86.6 cm³/mol. The van der Waals surface area contributed by atoms with E-state index in [0.29, 0.717) is 6.54 Å². The van der Waals surface area contributed by atoms with E-state index in [1.807, 2.05) is 23.9 Å². The van der Waals surface area contributed by atoms with Crippen LogP contribution in [0.15, 0.2) is 28.7 Å². The third-order valence-electron chi connectivity index (χ3n) is 3.51. The van der Waals surface area contributed by atoms with Crippen molar-refractivity contribution in [3.8, 4) is 0 Å². The first-order chi connectivity index (χ1) is 10.1. The number of hydrogen-bond donors (Lipinski definition) is 0. The normalized spacial score (nSPS) is 11.3. The van der Waals surface area contributed by atoms with Crippen molar-refractivity contribution in [3.05, 3.63) is 51.5 Å². The average Bonchev–Trinajstić information content (AvgIpc) is 2.77. The molecule has 1 aromatic heterocycles. The van der Waals surface area contributed by atoms with Gasteiger partial charge in [0.1, 0.15) is 5.82 Å². The molecular formula is C16H21BrFN3. The molecule has 0 spiro atoms. The topological polar surface area (TPSA) is 21.1 Å². The Balaban J connectivity index is 2.14. The van der Waals surface area contributed by atoms with Gasteiger partial charge in [0.2, 0.25) is 0 Å². The van der Waals surface area contributed by atoms with E-state index in [0.717, 1.165) is 40.9 Å². The number of hydrogen-bond acceptors (Lipinski definition) is 2. The lowest BCUT2D eigenvalue weighted by molar-refractivity contribution is 0.302. The van der Waals surface area contributed by atoms with E-state index >= 15 is 0 Å². The van der Waals surface area contributed by atoms with Gasteiger partial charge in [-0.3, -0.25) is 9.58 Å². The van der Waals surface area contributed by atoms with Gasteiger partial charge >= 0.3 is 0 Å². The van der Waals surface area contributed by atoms with E-state index < -0.39 is 0 Å². The molecule has 1 heterocycles. The Morgan fingerprint density at radius 3 is 2.57 bits per heavy atom. The van der Waals surface area contributed by atoms with Gasteiger partial charge in [0.05, 0.1) is 15.9 Å². The van der Waals surface area contributed by atoms with Gasteiger partial charge in [-0.2, -0.15) is 5.10 Å². The van der Waals surface area contributed by atoms with Gasteiger partial charge in [-0.15, -0.1) is 0 Å². The van der Waals surface area contributed by atoms with Crippen LogP contribution in [-0.4, -0.2) is 21.7 Å². The molecule has 114 valence electrons. The van der Waals surface area contributed by atoms with Crippen LogP contribution in [0.25, 0.3) is 0 Å². The van der Waals surface area contributed by atoms with Crippen molar-refractivity contribution >= 4 is 15.9 Å². The van der Waals surface area contributed by atoms with E-state index in [1.54, 1.807) is 6.07 Å². The minimum absolute atomic E-state index is 0.151. The first-order valence-electron chi connectivity index (χ1n) is 7.22. The monoisotopic (exact) mass is 353 g/mol. The fourth-order valence-electron chi connectivity index (χ4n) is 2.40. The highest BCUT2D eigenvalue weighted by Crippen LogP contribution is 2.24. The number of rotatable bonds is 6. The maximum Gasteiger partial charge on any atom is 0.127 e. The van der Waals surface area contributed by atoms with E-state index in [4.69, 9.17) is 0 Å². The second-order valence-corrected chi connectivity index (χ2v) is 5.93. The predicted octanol–water partition coefficient (Wildman–Crippen LogP) is 4.00. The number of benzene rings is 1. The van der Waals surface area contributed by atoms with Crippen molar-refractivity contribution in [2.24, 2.45) is 0 Å². The van der Waals surface area contributed by atoms with Gasteiger partial charge in [-0.25, -0.2) is 4.39 Å².